The molecule has 2 aromatic carbocycles. The summed E-state index contributed by atoms with van der Waals surface area (Å²) in [5.74, 6) is 0.514. The van der Waals surface area contributed by atoms with Gasteiger partial charge in [0.2, 0.25) is 0 Å². The Labute approximate surface area is 180 Å². The van der Waals surface area contributed by atoms with Crippen LogP contribution in [0.3, 0.4) is 0 Å². The molecule has 8 nitrogen and oxygen atoms in total. The average molecular weight is 413 g/mol. The summed E-state index contributed by atoms with van der Waals surface area (Å²) in [7, 11) is 0. The number of hydrogen-bond donors (Lipinski definition) is 1. The zero-order valence-corrected chi connectivity index (χ0v) is 17.6. The Bertz CT molecular complexity index is 1190. The second-order valence-corrected chi connectivity index (χ2v) is 7.32. The second kappa shape index (κ2) is 8.83. The van der Waals surface area contributed by atoms with Crippen molar-refractivity contribution in [2.45, 2.75) is 33.2 Å². The summed E-state index contributed by atoms with van der Waals surface area (Å²) in [6.45, 7) is 5.91. The summed E-state index contributed by atoms with van der Waals surface area (Å²) in [6, 6.07) is 13.6. The maximum atomic E-state index is 13.1. The molecular weight excluding hydrogens is 390 g/mol. The van der Waals surface area contributed by atoms with Crippen LogP contribution in [0, 0.1) is 6.92 Å². The molecule has 4 rings (SSSR count). The van der Waals surface area contributed by atoms with E-state index in [-0.39, 0.29) is 11.9 Å². The number of aromatic nitrogens is 6. The number of nitrogens with one attached hydrogen (secondary N) is 1. The standard InChI is InChI=1S/C23H23N7O/c1-4-22-27-28-29-30(22)20-12-18(17-7-5-15(2)6-8-17)11-19(13-20)23(31)26-16(3)21-14-24-9-10-25-21/h5-14,16H,4H2,1-3H3,(H,26,31)/t16-/m1/s1. The van der Waals surface area contributed by atoms with E-state index in [1.54, 1.807) is 29.3 Å². The maximum Gasteiger partial charge on any atom is 0.251 e. The minimum Gasteiger partial charge on any atom is -0.344 e. The van der Waals surface area contributed by atoms with E-state index in [0.29, 0.717) is 17.7 Å². The summed E-state index contributed by atoms with van der Waals surface area (Å²) in [5, 5.41) is 15.0. The zero-order chi connectivity index (χ0) is 21.8. The topological polar surface area (TPSA) is 98.5 Å². The lowest BCUT2D eigenvalue weighted by Crippen LogP contribution is -2.27. The number of benzene rings is 2. The molecule has 0 unspecified atom stereocenters. The zero-order valence-electron chi connectivity index (χ0n) is 17.6. The van der Waals surface area contributed by atoms with Gasteiger partial charge in [0.1, 0.15) is 0 Å². The van der Waals surface area contributed by atoms with E-state index in [0.717, 1.165) is 22.6 Å². The van der Waals surface area contributed by atoms with Crippen molar-refractivity contribution in [2.75, 3.05) is 0 Å². The summed E-state index contributed by atoms with van der Waals surface area (Å²) in [6.07, 6.45) is 5.53. The van der Waals surface area contributed by atoms with Crippen molar-refractivity contribution < 1.29 is 4.79 Å². The van der Waals surface area contributed by atoms with E-state index in [2.05, 4.69) is 30.8 Å². The van der Waals surface area contributed by atoms with Gasteiger partial charge < -0.3 is 5.32 Å². The summed E-state index contributed by atoms with van der Waals surface area (Å²) in [4.78, 5) is 21.5. The van der Waals surface area contributed by atoms with E-state index in [1.807, 2.05) is 57.2 Å². The van der Waals surface area contributed by atoms with Crippen molar-refractivity contribution in [1.82, 2.24) is 35.5 Å². The molecule has 0 aliphatic carbocycles. The van der Waals surface area contributed by atoms with Crippen LogP contribution in [0.25, 0.3) is 16.8 Å². The van der Waals surface area contributed by atoms with Crippen molar-refractivity contribution in [2.24, 2.45) is 0 Å². The first kappa shape index (κ1) is 20.3. The third kappa shape index (κ3) is 4.48. The monoisotopic (exact) mass is 413 g/mol. The van der Waals surface area contributed by atoms with Gasteiger partial charge in [0.05, 0.1) is 23.6 Å². The van der Waals surface area contributed by atoms with Crippen molar-refractivity contribution in [1.29, 1.82) is 0 Å². The highest BCUT2D eigenvalue weighted by Crippen LogP contribution is 2.25. The molecule has 31 heavy (non-hydrogen) atoms. The molecule has 0 bridgehead atoms. The van der Waals surface area contributed by atoms with Crippen LogP contribution in [0.1, 0.15) is 47.3 Å². The predicted octanol–water partition coefficient (Wildman–Crippen LogP) is 3.48. The molecule has 1 N–H and O–H groups in total. The van der Waals surface area contributed by atoms with Gasteiger partial charge in [-0.15, -0.1) is 5.10 Å². The van der Waals surface area contributed by atoms with E-state index in [1.165, 1.54) is 5.56 Å². The molecule has 1 amide bonds. The largest absolute Gasteiger partial charge is 0.344 e. The van der Waals surface area contributed by atoms with Crippen molar-refractivity contribution in [3.8, 4) is 16.8 Å². The molecule has 0 spiro atoms. The van der Waals surface area contributed by atoms with Crippen LogP contribution in [0.2, 0.25) is 0 Å². The van der Waals surface area contributed by atoms with Crippen LogP contribution in [-0.2, 0) is 6.42 Å². The summed E-state index contributed by atoms with van der Waals surface area (Å²) < 4.78 is 1.67. The highest BCUT2D eigenvalue weighted by atomic mass is 16.1. The van der Waals surface area contributed by atoms with Crippen LogP contribution < -0.4 is 5.32 Å². The number of rotatable bonds is 6. The fourth-order valence-electron chi connectivity index (χ4n) is 3.29. The third-order valence-electron chi connectivity index (χ3n) is 5.03. The Morgan fingerprint density at radius 1 is 1.10 bits per heavy atom. The van der Waals surface area contributed by atoms with Gasteiger partial charge >= 0.3 is 0 Å². The summed E-state index contributed by atoms with van der Waals surface area (Å²) in [5.41, 5.74) is 5.03. The van der Waals surface area contributed by atoms with Crippen molar-refractivity contribution in [3.05, 3.63) is 83.7 Å². The Kier molecular flexibility index (Phi) is 5.79. The third-order valence-corrected chi connectivity index (χ3v) is 5.03. The molecule has 156 valence electrons. The van der Waals surface area contributed by atoms with Crippen molar-refractivity contribution in [3.63, 3.8) is 0 Å². The van der Waals surface area contributed by atoms with Gasteiger partial charge in [-0.05, 0) is 53.6 Å². The van der Waals surface area contributed by atoms with Crippen LogP contribution in [0.5, 0.6) is 0 Å². The molecule has 4 aromatic rings. The van der Waals surface area contributed by atoms with Gasteiger partial charge in [-0.3, -0.25) is 14.8 Å². The minimum atomic E-state index is -0.285. The number of carbonyl (C=O) groups is 1. The Hall–Kier alpha value is -3.94. The molecule has 0 saturated heterocycles. The highest BCUT2D eigenvalue weighted by Gasteiger charge is 2.16. The smallest absolute Gasteiger partial charge is 0.251 e. The molecule has 0 aliphatic rings. The molecule has 2 heterocycles. The van der Waals surface area contributed by atoms with Gasteiger partial charge in [0, 0.05) is 24.4 Å². The van der Waals surface area contributed by atoms with E-state index in [4.69, 9.17) is 0 Å². The number of nitrogens with zero attached hydrogens (tertiary/aromatic N) is 6. The quantitative estimate of drug-likeness (QED) is 0.520. The first-order chi connectivity index (χ1) is 15.0. The number of tetrazole rings is 1. The Balaban J connectivity index is 1.74. The molecule has 8 heteroatoms. The number of amides is 1. The van der Waals surface area contributed by atoms with Gasteiger partial charge in [0.15, 0.2) is 5.82 Å². The lowest BCUT2D eigenvalue weighted by Gasteiger charge is -2.15. The van der Waals surface area contributed by atoms with Gasteiger partial charge in [0.25, 0.3) is 5.91 Å². The molecule has 0 saturated carbocycles. The second-order valence-electron chi connectivity index (χ2n) is 7.32. The molecule has 0 radical (unpaired) electrons. The first-order valence-corrected chi connectivity index (χ1v) is 10.1. The van der Waals surface area contributed by atoms with E-state index in [9.17, 15) is 4.79 Å². The number of aryl methyl sites for hydroxylation is 2. The van der Waals surface area contributed by atoms with Gasteiger partial charge in [-0.2, -0.15) is 4.68 Å². The van der Waals surface area contributed by atoms with E-state index >= 15 is 0 Å². The Morgan fingerprint density at radius 2 is 1.90 bits per heavy atom. The molecule has 1 atom stereocenters. The fourth-order valence-corrected chi connectivity index (χ4v) is 3.29. The van der Waals surface area contributed by atoms with E-state index < -0.39 is 0 Å². The molecule has 0 fully saturated rings. The average Bonchev–Trinajstić information content (AvgIpc) is 3.29. The van der Waals surface area contributed by atoms with Crippen LogP contribution in [0.4, 0.5) is 0 Å². The Morgan fingerprint density at radius 3 is 2.61 bits per heavy atom. The lowest BCUT2D eigenvalue weighted by molar-refractivity contribution is 0.0939. The first-order valence-electron chi connectivity index (χ1n) is 10.1. The molecular formula is C23H23N7O. The predicted molar refractivity (Wildman–Crippen MR) is 117 cm³/mol. The summed E-state index contributed by atoms with van der Waals surface area (Å²) >= 11 is 0. The van der Waals surface area contributed by atoms with Crippen LogP contribution >= 0.6 is 0 Å². The normalized spacial score (nSPS) is 11.8. The maximum absolute atomic E-state index is 13.1. The van der Waals surface area contributed by atoms with Crippen LogP contribution in [0.15, 0.2) is 61.1 Å². The minimum absolute atomic E-state index is 0.209. The van der Waals surface area contributed by atoms with Gasteiger partial charge in [-0.25, -0.2) is 0 Å². The van der Waals surface area contributed by atoms with Crippen LogP contribution in [-0.4, -0.2) is 36.1 Å². The van der Waals surface area contributed by atoms with Gasteiger partial charge in [-0.1, -0.05) is 36.8 Å². The molecule has 0 aliphatic heterocycles. The number of hydrogen-bond acceptors (Lipinski definition) is 6. The molecule has 2 aromatic heterocycles. The fraction of sp³-hybridized carbons (Fsp3) is 0.217. The number of carbonyl (C=O) groups excluding carboxylic acids is 1. The lowest BCUT2D eigenvalue weighted by atomic mass is 10.0. The van der Waals surface area contributed by atoms with Crippen molar-refractivity contribution >= 4 is 5.91 Å². The SMILES string of the molecule is CCc1nnnn1-c1cc(C(=O)N[C@H](C)c2cnccn2)cc(-c2ccc(C)cc2)c1. The highest BCUT2D eigenvalue weighted by molar-refractivity contribution is 5.96.